The summed E-state index contributed by atoms with van der Waals surface area (Å²) < 4.78 is 9.90. The summed E-state index contributed by atoms with van der Waals surface area (Å²) in [6.45, 7) is 2.76. The van der Waals surface area contributed by atoms with Gasteiger partial charge < -0.3 is 9.47 Å². The van der Waals surface area contributed by atoms with E-state index >= 15 is 0 Å². The molecule has 1 aliphatic heterocycles. The molecule has 1 amide bonds. The number of carbonyl (C=O) groups excluding carboxylic acids is 2. The zero-order valence-corrected chi connectivity index (χ0v) is 11.8. The second kappa shape index (κ2) is 6.26. The maximum Gasteiger partial charge on any atom is 0.410 e. The first kappa shape index (κ1) is 14.2. The second-order valence-electron chi connectivity index (χ2n) is 5.43. The minimum atomic E-state index is -0.466. The molecule has 0 N–H and O–H groups in total. The van der Waals surface area contributed by atoms with E-state index < -0.39 is 12.1 Å². The van der Waals surface area contributed by atoms with Gasteiger partial charge in [-0.25, -0.2) is 9.59 Å². The average Bonchev–Trinajstić information content (AvgIpc) is 2.45. The number of fused-ring (bicyclic) bond motifs is 1. The maximum atomic E-state index is 12.0. The number of nitrogens with zero attached hydrogens (tertiary/aromatic N) is 1. The van der Waals surface area contributed by atoms with Crippen LogP contribution in [0.1, 0.15) is 39.0 Å². The number of ether oxygens (including phenoxy) is 2. The first-order valence-electron chi connectivity index (χ1n) is 7.18. The zero-order chi connectivity index (χ0) is 13.8. The summed E-state index contributed by atoms with van der Waals surface area (Å²) in [4.78, 5) is 25.4. The van der Waals surface area contributed by atoms with Crippen LogP contribution in [0.3, 0.4) is 0 Å². The fraction of sp³-hybridized carbons (Fsp3) is 0.857. The quantitative estimate of drug-likeness (QED) is 0.721. The molecule has 5 nitrogen and oxygen atoms in total. The highest BCUT2D eigenvalue weighted by Crippen LogP contribution is 2.39. The van der Waals surface area contributed by atoms with E-state index in [0.717, 1.165) is 19.3 Å². The monoisotopic (exact) mass is 269 g/mol. The van der Waals surface area contributed by atoms with Crippen LogP contribution >= 0.6 is 0 Å². The highest BCUT2D eigenvalue weighted by molar-refractivity contribution is 5.81. The van der Waals surface area contributed by atoms with Gasteiger partial charge in [-0.15, -0.1) is 0 Å². The number of amides is 1. The molecule has 3 unspecified atom stereocenters. The summed E-state index contributed by atoms with van der Waals surface area (Å²) in [5.41, 5.74) is 0. The van der Waals surface area contributed by atoms with E-state index in [1.807, 2.05) is 0 Å². The largest absolute Gasteiger partial charge is 0.464 e. The van der Waals surface area contributed by atoms with E-state index in [1.54, 1.807) is 11.8 Å². The SMILES string of the molecule is CCOC(=O)C1CC2CCCCC2CN1C(=O)OC. The molecule has 1 heterocycles. The van der Waals surface area contributed by atoms with Gasteiger partial charge in [-0.3, -0.25) is 4.90 Å². The van der Waals surface area contributed by atoms with E-state index in [1.165, 1.54) is 20.0 Å². The van der Waals surface area contributed by atoms with Crippen molar-refractivity contribution in [3.05, 3.63) is 0 Å². The molecule has 0 spiro atoms. The fourth-order valence-corrected chi connectivity index (χ4v) is 3.41. The molecule has 108 valence electrons. The molecule has 3 atom stereocenters. The lowest BCUT2D eigenvalue weighted by molar-refractivity contribution is -0.152. The Balaban J connectivity index is 2.11. The molecule has 2 fully saturated rings. The summed E-state index contributed by atoms with van der Waals surface area (Å²) in [6.07, 6.45) is 5.07. The average molecular weight is 269 g/mol. The molecule has 0 aromatic carbocycles. The normalized spacial score (nSPS) is 30.4. The van der Waals surface area contributed by atoms with Gasteiger partial charge in [0, 0.05) is 6.54 Å². The highest BCUT2D eigenvalue weighted by atomic mass is 16.6. The molecule has 0 aromatic heterocycles. The van der Waals surface area contributed by atoms with Gasteiger partial charge in [0.2, 0.25) is 0 Å². The Bertz CT molecular complexity index is 344. The molecule has 2 aliphatic rings. The molecule has 2 rings (SSSR count). The first-order valence-corrected chi connectivity index (χ1v) is 7.18. The Morgan fingerprint density at radius 3 is 2.53 bits per heavy atom. The number of hydrogen-bond donors (Lipinski definition) is 0. The molecule has 1 aliphatic carbocycles. The molecular formula is C14H23NO4. The van der Waals surface area contributed by atoms with Gasteiger partial charge in [-0.2, -0.15) is 0 Å². The Labute approximate surface area is 114 Å². The molecule has 0 bridgehead atoms. The van der Waals surface area contributed by atoms with E-state index in [0.29, 0.717) is 25.0 Å². The number of methoxy groups -OCH3 is 1. The Morgan fingerprint density at radius 2 is 1.89 bits per heavy atom. The Hall–Kier alpha value is -1.26. The van der Waals surface area contributed by atoms with Crippen molar-refractivity contribution in [2.45, 2.75) is 45.1 Å². The predicted molar refractivity (Wildman–Crippen MR) is 69.6 cm³/mol. The van der Waals surface area contributed by atoms with Crippen LogP contribution in [0.2, 0.25) is 0 Å². The minimum Gasteiger partial charge on any atom is -0.464 e. The molecule has 0 radical (unpaired) electrons. The van der Waals surface area contributed by atoms with Crippen molar-refractivity contribution in [3.63, 3.8) is 0 Å². The van der Waals surface area contributed by atoms with E-state index in [-0.39, 0.29) is 5.97 Å². The topological polar surface area (TPSA) is 55.8 Å². The van der Waals surface area contributed by atoms with Gasteiger partial charge in [-0.1, -0.05) is 19.3 Å². The second-order valence-corrected chi connectivity index (χ2v) is 5.43. The molecule has 19 heavy (non-hydrogen) atoms. The minimum absolute atomic E-state index is 0.295. The third-order valence-corrected chi connectivity index (χ3v) is 4.37. The van der Waals surface area contributed by atoms with Crippen molar-refractivity contribution in [2.24, 2.45) is 11.8 Å². The molecule has 1 saturated heterocycles. The van der Waals surface area contributed by atoms with Crippen LogP contribution in [0, 0.1) is 11.8 Å². The number of rotatable bonds is 2. The van der Waals surface area contributed by atoms with Crippen molar-refractivity contribution in [1.29, 1.82) is 0 Å². The van der Waals surface area contributed by atoms with Crippen LogP contribution in [0.5, 0.6) is 0 Å². The van der Waals surface area contributed by atoms with Crippen molar-refractivity contribution in [3.8, 4) is 0 Å². The third kappa shape index (κ3) is 3.01. The fourth-order valence-electron chi connectivity index (χ4n) is 3.41. The van der Waals surface area contributed by atoms with Crippen LogP contribution in [0.25, 0.3) is 0 Å². The summed E-state index contributed by atoms with van der Waals surface area (Å²) >= 11 is 0. The Kier molecular flexibility index (Phi) is 4.66. The van der Waals surface area contributed by atoms with Crippen LogP contribution in [-0.2, 0) is 14.3 Å². The number of piperidine rings is 1. The lowest BCUT2D eigenvalue weighted by Crippen LogP contribution is -2.54. The van der Waals surface area contributed by atoms with Crippen LogP contribution in [0.15, 0.2) is 0 Å². The number of hydrogen-bond acceptors (Lipinski definition) is 4. The maximum absolute atomic E-state index is 12.0. The first-order chi connectivity index (χ1) is 9.17. The van der Waals surface area contributed by atoms with Crippen molar-refractivity contribution in [1.82, 2.24) is 4.90 Å². The van der Waals surface area contributed by atoms with E-state index in [4.69, 9.17) is 9.47 Å². The summed E-state index contributed by atoms with van der Waals surface area (Å²) in [7, 11) is 1.36. The standard InChI is InChI=1S/C14H23NO4/c1-3-19-13(16)12-8-10-6-4-5-7-11(10)9-15(12)14(17)18-2/h10-12H,3-9H2,1-2H3. The number of likely N-dealkylation sites (tertiary alicyclic amines) is 1. The van der Waals surface area contributed by atoms with Crippen molar-refractivity contribution in [2.75, 3.05) is 20.3 Å². The van der Waals surface area contributed by atoms with Crippen LogP contribution in [-0.4, -0.2) is 43.3 Å². The smallest absolute Gasteiger partial charge is 0.410 e. The summed E-state index contributed by atoms with van der Waals surface area (Å²) in [5, 5.41) is 0. The van der Waals surface area contributed by atoms with E-state index in [2.05, 4.69) is 0 Å². The summed E-state index contributed by atoms with van der Waals surface area (Å²) in [6, 6.07) is -0.466. The lowest BCUT2D eigenvalue weighted by Gasteiger charge is -2.44. The number of esters is 1. The van der Waals surface area contributed by atoms with Gasteiger partial charge in [-0.05, 0) is 31.6 Å². The highest BCUT2D eigenvalue weighted by Gasteiger charge is 2.42. The Morgan fingerprint density at radius 1 is 1.21 bits per heavy atom. The molecule has 5 heteroatoms. The molecule has 0 aromatic rings. The van der Waals surface area contributed by atoms with Gasteiger partial charge in [0.25, 0.3) is 0 Å². The lowest BCUT2D eigenvalue weighted by atomic mass is 9.73. The zero-order valence-electron chi connectivity index (χ0n) is 11.8. The van der Waals surface area contributed by atoms with Crippen LogP contribution < -0.4 is 0 Å². The molecular weight excluding hydrogens is 246 g/mol. The third-order valence-electron chi connectivity index (χ3n) is 4.37. The van der Waals surface area contributed by atoms with Gasteiger partial charge in [0.15, 0.2) is 0 Å². The summed E-state index contributed by atoms with van der Waals surface area (Å²) in [5.74, 6) is 0.763. The molecule has 1 saturated carbocycles. The van der Waals surface area contributed by atoms with Gasteiger partial charge in [0.05, 0.1) is 13.7 Å². The van der Waals surface area contributed by atoms with Crippen molar-refractivity contribution < 1.29 is 19.1 Å². The van der Waals surface area contributed by atoms with Crippen molar-refractivity contribution >= 4 is 12.1 Å². The van der Waals surface area contributed by atoms with Gasteiger partial charge >= 0.3 is 12.1 Å². The van der Waals surface area contributed by atoms with Gasteiger partial charge in [0.1, 0.15) is 6.04 Å². The van der Waals surface area contributed by atoms with E-state index in [9.17, 15) is 9.59 Å². The van der Waals surface area contributed by atoms with Crippen LogP contribution in [0.4, 0.5) is 4.79 Å². The predicted octanol–water partition coefficient (Wildman–Crippen LogP) is 2.20. The number of carbonyl (C=O) groups is 2.